The van der Waals surface area contributed by atoms with Crippen molar-refractivity contribution < 1.29 is 4.79 Å². The Balaban J connectivity index is 0.00000208. The van der Waals surface area contributed by atoms with Crippen LogP contribution in [-0.2, 0) is 4.79 Å². The van der Waals surface area contributed by atoms with Gasteiger partial charge in [0.15, 0.2) is 0 Å². The third-order valence-corrected chi connectivity index (χ3v) is 5.62. The Morgan fingerprint density at radius 2 is 2.08 bits per heavy atom. The minimum Gasteiger partial charge on any atom is -0.335 e. The highest BCUT2D eigenvalue weighted by Gasteiger charge is 2.32. The van der Waals surface area contributed by atoms with E-state index >= 15 is 0 Å². The SMILES string of the molecule is C[C@H]1CNCCN1CC(=O)N1CCCC1c1ccc(Cl)c(Cl)c1.Cl. The summed E-state index contributed by atoms with van der Waals surface area (Å²) >= 11 is 12.1. The fourth-order valence-electron chi connectivity index (χ4n) is 3.51. The number of halogens is 3. The number of carbonyl (C=O) groups excluding carboxylic acids is 1. The van der Waals surface area contributed by atoms with Gasteiger partial charge < -0.3 is 10.2 Å². The monoisotopic (exact) mass is 391 g/mol. The maximum atomic E-state index is 12.8. The number of nitrogens with zero attached hydrogens (tertiary/aromatic N) is 2. The summed E-state index contributed by atoms with van der Waals surface area (Å²) in [5.41, 5.74) is 1.08. The number of nitrogens with one attached hydrogen (secondary N) is 1. The number of amides is 1. The molecule has 2 saturated heterocycles. The molecule has 0 bridgehead atoms. The van der Waals surface area contributed by atoms with E-state index in [9.17, 15) is 4.79 Å². The zero-order valence-electron chi connectivity index (χ0n) is 13.8. The third kappa shape index (κ3) is 4.36. The van der Waals surface area contributed by atoms with Crippen molar-refractivity contribution in [3.63, 3.8) is 0 Å². The largest absolute Gasteiger partial charge is 0.335 e. The molecule has 0 radical (unpaired) electrons. The first kappa shape index (κ1) is 19.8. The van der Waals surface area contributed by atoms with Crippen molar-refractivity contribution in [2.45, 2.75) is 31.8 Å². The summed E-state index contributed by atoms with van der Waals surface area (Å²) in [5, 5.41) is 4.47. The van der Waals surface area contributed by atoms with Gasteiger partial charge in [-0.25, -0.2) is 0 Å². The van der Waals surface area contributed by atoms with Gasteiger partial charge in [-0.05, 0) is 37.5 Å². The molecular weight excluding hydrogens is 369 g/mol. The Bertz CT molecular complexity index is 584. The second-order valence-corrected chi connectivity index (χ2v) is 7.26. The standard InChI is InChI=1S/C17H23Cl2N3O.ClH/c1-12-10-20-6-8-21(12)11-17(23)22-7-2-3-16(22)13-4-5-14(18)15(19)9-13;/h4-5,9,12,16,20H,2-3,6-8,10-11H2,1H3;1H/t12-,16?;/m0./s1. The molecule has 0 aliphatic carbocycles. The number of likely N-dealkylation sites (tertiary alicyclic amines) is 1. The summed E-state index contributed by atoms with van der Waals surface area (Å²) < 4.78 is 0. The molecule has 1 aromatic rings. The summed E-state index contributed by atoms with van der Waals surface area (Å²) in [6.07, 6.45) is 2.02. The van der Waals surface area contributed by atoms with E-state index in [4.69, 9.17) is 23.2 Å². The van der Waals surface area contributed by atoms with Gasteiger partial charge in [-0.1, -0.05) is 29.3 Å². The fraction of sp³-hybridized carbons (Fsp3) is 0.588. The summed E-state index contributed by atoms with van der Waals surface area (Å²) in [5.74, 6) is 0.215. The van der Waals surface area contributed by atoms with E-state index in [2.05, 4.69) is 17.1 Å². The first-order valence-electron chi connectivity index (χ1n) is 8.25. The molecule has 1 aromatic carbocycles. The molecule has 0 spiro atoms. The average Bonchev–Trinajstić information content (AvgIpc) is 3.02. The van der Waals surface area contributed by atoms with E-state index in [0.717, 1.165) is 44.6 Å². The van der Waals surface area contributed by atoms with Crippen LogP contribution in [0.1, 0.15) is 31.4 Å². The Hall–Kier alpha value is -0.520. The van der Waals surface area contributed by atoms with E-state index < -0.39 is 0 Å². The lowest BCUT2D eigenvalue weighted by Gasteiger charge is -2.35. The van der Waals surface area contributed by atoms with Crippen LogP contribution in [0.3, 0.4) is 0 Å². The highest BCUT2D eigenvalue weighted by molar-refractivity contribution is 6.42. The van der Waals surface area contributed by atoms with Crippen molar-refractivity contribution in [3.05, 3.63) is 33.8 Å². The van der Waals surface area contributed by atoms with Crippen molar-refractivity contribution in [1.82, 2.24) is 15.1 Å². The summed E-state index contributed by atoms with van der Waals surface area (Å²) in [6, 6.07) is 6.22. The Labute approximate surface area is 159 Å². The summed E-state index contributed by atoms with van der Waals surface area (Å²) in [6.45, 7) is 6.32. The van der Waals surface area contributed by atoms with E-state index in [0.29, 0.717) is 22.6 Å². The molecule has 1 N–H and O–H groups in total. The maximum absolute atomic E-state index is 12.8. The number of hydrogen-bond acceptors (Lipinski definition) is 3. The first-order chi connectivity index (χ1) is 11.1. The van der Waals surface area contributed by atoms with Crippen LogP contribution in [0.2, 0.25) is 10.0 Å². The van der Waals surface area contributed by atoms with Gasteiger partial charge in [-0.3, -0.25) is 9.69 Å². The number of piperazine rings is 1. The van der Waals surface area contributed by atoms with E-state index in [1.54, 1.807) is 0 Å². The third-order valence-electron chi connectivity index (χ3n) is 4.88. The predicted octanol–water partition coefficient (Wildman–Crippen LogP) is 3.37. The van der Waals surface area contributed by atoms with Crippen molar-refractivity contribution in [2.24, 2.45) is 0 Å². The van der Waals surface area contributed by atoms with Gasteiger partial charge in [0.1, 0.15) is 0 Å². The van der Waals surface area contributed by atoms with Gasteiger partial charge in [0.05, 0.1) is 22.6 Å². The fourth-order valence-corrected chi connectivity index (χ4v) is 3.82. The van der Waals surface area contributed by atoms with Crippen LogP contribution in [0.15, 0.2) is 18.2 Å². The molecule has 3 rings (SSSR count). The topological polar surface area (TPSA) is 35.6 Å². The van der Waals surface area contributed by atoms with Gasteiger partial charge in [-0.15, -0.1) is 12.4 Å². The van der Waals surface area contributed by atoms with E-state index in [-0.39, 0.29) is 24.4 Å². The molecule has 0 saturated carbocycles. The van der Waals surface area contributed by atoms with Crippen molar-refractivity contribution in [3.8, 4) is 0 Å². The Kier molecular flexibility index (Phi) is 7.20. The van der Waals surface area contributed by atoms with Crippen LogP contribution in [0, 0.1) is 0 Å². The summed E-state index contributed by atoms with van der Waals surface area (Å²) in [7, 11) is 0. The predicted molar refractivity (Wildman–Crippen MR) is 101 cm³/mol. The number of rotatable bonds is 3. The molecule has 1 amide bonds. The van der Waals surface area contributed by atoms with Crippen LogP contribution in [-0.4, -0.2) is 54.5 Å². The molecule has 24 heavy (non-hydrogen) atoms. The number of benzene rings is 1. The van der Waals surface area contributed by atoms with Crippen molar-refractivity contribution >= 4 is 41.5 Å². The van der Waals surface area contributed by atoms with E-state index in [1.165, 1.54) is 0 Å². The van der Waals surface area contributed by atoms with Crippen LogP contribution >= 0.6 is 35.6 Å². The average molecular weight is 393 g/mol. The second-order valence-electron chi connectivity index (χ2n) is 6.44. The lowest BCUT2D eigenvalue weighted by molar-refractivity contribution is -0.134. The van der Waals surface area contributed by atoms with Crippen LogP contribution in [0.25, 0.3) is 0 Å². The molecule has 1 unspecified atom stereocenters. The molecule has 2 fully saturated rings. The van der Waals surface area contributed by atoms with Crippen molar-refractivity contribution in [1.29, 1.82) is 0 Å². The molecular formula is C17H24Cl3N3O. The lowest BCUT2D eigenvalue weighted by atomic mass is 10.0. The molecule has 4 nitrogen and oxygen atoms in total. The molecule has 134 valence electrons. The number of hydrogen-bond donors (Lipinski definition) is 1. The maximum Gasteiger partial charge on any atom is 0.237 e. The zero-order chi connectivity index (χ0) is 16.4. The highest BCUT2D eigenvalue weighted by atomic mass is 35.5. The zero-order valence-corrected chi connectivity index (χ0v) is 16.1. The quantitative estimate of drug-likeness (QED) is 0.856. The normalized spacial score (nSPS) is 24.7. The number of carbonyl (C=O) groups is 1. The smallest absolute Gasteiger partial charge is 0.237 e. The van der Waals surface area contributed by atoms with Gasteiger partial charge in [0.25, 0.3) is 0 Å². The molecule has 2 aliphatic rings. The van der Waals surface area contributed by atoms with Gasteiger partial charge in [0, 0.05) is 32.2 Å². The first-order valence-corrected chi connectivity index (χ1v) is 9.01. The minimum atomic E-state index is 0. The summed E-state index contributed by atoms with van der Waals surface area (Å²) in [4.78, 5) is 17.1. The Morgan fingerprint density at radius 1 is 1.29 bits per heavy atom. The Morgan fingerprint density at radius 3 is 2.79 bits per heavy atom. The molecule has 7 heteroatoms. The molecule has 2 aliphatic heterocycles. The minimum absolute atomic E-state index is 0. The van der Waals surface area contributed by atoms with Gasteiger partial charge in [0.2, 0.25) is 5.91 Å². The van der Waals surface area contributed by atoms with Crippen LogP contribution in [0.4, 0.5) is 0 Å². The lowest BCUT2D eigenvalue weighted by Crippen LogP contribution is -2.53. The highest BCUT2D eigenvalue weighted by Crippen LogP contribution is 2.35. The van der Waals surface area contributed by atoms with Crippen molar-refractivity contribution in [2.75, 3.05) is 32.7 Å². The second kappa shape index (κ2) is 8.72. The molecule has 2 atom stereocenters. The molecule has 2 heterocycles. The van der Waals surface area contributed by atoms with E-state index in [1.807, 2.05) is 23.1 Å². The van der Waals surface area contributed by atoms with Crippen LogP contribution < -0.4 is 5.32 Å². The van der Waals surface area contributed by atoms with Gasteiger partial charge in [-0.2, -0.15) is 0 Å². The van der Waals surface area contributed by atoms with Crippen LogP contribution in [0.5, 0.6) is 0 Å². The molecule has 0 aromatic heterocycles. The van der Waals surface area contributed by atoms with Gasteiger partial charge >= 0.3 is 0 Å².